The minimum absolute atomic E-state index is 0.247. The molecular weight excluding hydrogens is 281 g/mol. The monoisotopic (exact) mass is 299 g/mol. The molecule has 4 rings (SSSR count). The van der Waals surface area contributed by atoms with Gasteiger partial charge in [-0.05, 0) is 37.5 Å². The lowest BCUT2D eigenvalue weighted by molar-refractivity contribution is -0.133. The topological polar surface area (TPSA) is 38.1 Å². The molecule has 2 heterocycles. The second kappa shape index (κ2) is 5.23. The third kappa shape index (κ3) is 2.51. The number of nitrogens with zero attached hydrogens (tertiary/aromatic N) is 3. The first-order valence-corrected chi connectivity index (χ1v) is 7.82. The maximum atomic E-state index is 13.4. The molecule has 0 unspecified atom stereocenters. The molecule has 4 nitrogen and oxygen atoms in total. The number of aryl methyl sites for hydroxylation is 1. The van der Waals surface area contributed by atoms with Crippen molar-refractivity contribution in [2.75, 3.05) is 6.54 Å². The van der Waals surface area contributed by atoms with E-state index in [1.807, 2.05) is 21.7 Å². The van der Waals surface area contributed by atoms with Crippen LogP contribution in [0.25, 0.3) is 11.3 Å². The number of amides is 1. The summed E-state index contributed by atoms with van der Waals surface area (Å²) in [5.74, 6) is 0.269. The van der Waals surface area contributed by atoms with Gasteiger partial charge in [0, 0.05) is 24.6 Å². The molecule has 0 atom stereocenters. The van der Waals surface area contributed by atoms with Crippen LogP contribution in [-0.4, -0.2) is 27.1 Å². The number of hydrogen-bond acceptors (Lipinski definition) is 2. The molecule has 114 valence electrons. The van der Waals surface area contributed by atoms with Gasteiger partial charge in [-0.25, -0.2) is 4.39 Å². The summed E-state index contributed by atoms with van der Waals surface area (Å²) in [6.07, 6.45) is 2.97. The summed E-state index contributed by atoms with van der Waals surface area (Å²) in [5, 5.41) is 4.59. The fraction of sp³-hybridized carbons (Fsp3) is 0.412. The Labute approximate surface area is 128 Å². The van der Waals surface area contributed by atoms with E-state index in [1.54, 1.807) is 6.07 Å². The average Bonchev–Trinajstić information content (AvgIpc) is 3.31. The molecule has 2 aromatic rings. The van der Waals surface area contributed by atoms with Crippen LogP contribution in [0.3, 0.4) is 0 Å². The molecular formula is C17H18FN3O. The smallest absolute Gasteiger partial charge is 0.226 e. The van der Waals surface area contributed by atoms with E-state index in [-0.39, 0.29) is 17.6 Å². The summed E-state index contributed by atoms with van der Waals surface area (Å²) in [6.45, 7) is 2.21. The van der Waals surface area contributed by atoms with E-state index in [0.29, 0.717) is 6.54 Å². The van der Waals surface area contributed by atoms with Crippen molar-refractivity contribution in [3.63, 3.8) is 0 Å². The van der Waals surface area contributed by atoms with E-state index in [0.717, 1.165) is 49.3 Å². The highest BCUT2D eigenvalue weighted by molar-refractivity contribution is 5.81. The van der Waals surface area contributed by atoms with Crippen LogP contribution in [0.1, 0.15) is 25.0 Å². The molecule has 1 amide bonds. The van der Waals surface area contributed by atoms with Crippen LogP contribution in [0.5, 0.6) is 0 Å². The van der Waals surface area contributed by atoms with Gasteiger partial charge in [-0.15, -0.1) is 0 Å². The van der Waals surface area contributed by atoms with E-state index in [1.165, 1.54) is 12.1 Å². The summed E-state index contributed by atoms with van der Waals surface area (Å²) in [6, 6.07) is 8.46. The Morgan fingerprint density at radius 1 is 1.23 bits per heavy atom. The zero-order chi connectivity index (χ0) is 15.1. The first-order valence-electron chi connectivity index (χ1n) is 7.82. The first kappa shape index (κ1) is 13.5. The minimum Gasteiger partial charge on any atom is -0.337 e. The van der Waals surface area contributed by atoms with Gasteiger partial charge in [-0.2, -0.15) is 5.10 Å². The number of fused-ring (bicyclic) bond motifs is 1. The molecule has 0 N–H and O–H groups in total. The summed E-state index contributed by atoms with van der Waals surface area (Å²) < 4.78 is 15.3. The lowest BCUT2D eigenvalue weighted by Crippen LogP contribution is -2.31. The maximum absolute atomic E-state index is 13.4. The Balaban J connectivity index is 1.62. The number of benzene rings is 1. The van der Waals surface area contributed by atoms with Crippen molar-refractivity contribution in [3.05, 3.63) is 41.8 Å². The van der Waals surface area contributed by atoms with Crippen LogP contribution in [0.4, 0.5) is 4.39 Å². The molecule has 1 aromatic heterocycles. The fourth-order valence-electron chi connectivity index (χ4n) is 3.03. The van der Waals surface area contributed by atoms with Gasteiger partial charge in [0.25, 0.3) is 0 Å². The van der Waals surface area contributed by atoms with Crippen molar-refractivity contribution in [1.29, 1.82) is 0 Å². The molecule has 1 fully saturated rings. The predicted octanol–water partition coefficient (Wildman–Crippen LogP) is 2.83. The van der Waals surface area contributed by atoms with Crippen LogP contribution in [0.2, 0.25) is 0 Å². The number of rotatable bonds is 2. The number of halogens is 1. The number of hydrogen-bond donors (Lipinski definition) is 0. The standard InChI is InChI=1S/C17H18FN3O/c18-14-4-1-3-13(9-14)16-10-15-11-20(17(22)12-5-6-12)7-2-8-21(15)19-16/h1,3-4,9-10,12H,2,5-8,11H2. The van der Waals surface area contributed by atoms with E-state index >= 15 is 0 Å². The van der Waals surface area contributed by atoms with E-state index < -0.39 is 0 Å². The van der Waals surface area contributed by atoms with E-state index in [9.17, 15) is 9.18 Å². The van der Waals surface area contributed by atoms with Gasteiger partial charge >= 0.3 is 0 Å². The summed E-state index contributed by atoms with van der Waals surface area (Å²) in [4.78, 5) is 14.2. The zero-order valence-corrected chi connectivity index (χ0v) is 12.3. The van der Waals surface area contributed by atoms with Gasteiger partial charge in [0.05, 0.1) is 17.9 Å². The quantitative estimate of drug-likeness (QED) is 0.855. The summed E-state index contributed by atoms with van der Waals surface area (Å²) in [5.41, 5.74) is 2.58. The molecule has 1 saturated carbocycles. The maximum Gasteiger partial charge on any atom is 0.226 e. The molecule has 1 aliphatic carbocycles. The third-order valence-corrected chi connectivity index (χ3v) is 4.37. The van der Waals surface area contributed by atoms with Crippen LogP contribution < -0.4 is 0 Å². The van der Waals surface area contributed by atoms with Crippen LogP contribution in [0.15, 0.2) is 30.3 Å². The molecule has 0 spiro atoms. The largest absolute Gasteiger partial charge is 0.337 e. The van der Waals surface area contributed by atoms with Gasteiger partial charge < -0.3 is 4.90 Å². The first-order chi connectivity index (χ1) is 10.7. The zero-order valence-electron chi connectivity index (χ0n) is 12.3. The van der Waals surface area contributed by atoms with Gasteiger partial charge in [-0.3, -0.25) is 9.48 Å². The second-order valence-electron chi connectivity index (χ2n) is 6.14. The van der Waals surface area contributed by atoms with Crippen molar-refractivity contribution in [2.45, 2.75) is 32.4 Å². The Bertz CT molecular complexity index is 720. The summed E-state index contributed by atoms with van der Waals surface area (Å²) >= 11 is 0. The van der Waals surface area contributed by atoms with Gasteiger partial charge in [-0.1, -0.05) is 12.1 Å². The van der Waals surface area contributed by atoms with E-state index in [2.05, 4.69) is 5.10 Å². The molecule has 0 radical (unpaired) electrons. The fourth-order valence-corrected chi connectivity index (χ4v) is 3.03. The normalized spacial score (nSPS) is 18.0. The molecule has 5 heteroatoms. The SMILES string of the molecule is O=C(C1CC1)N1CCCn2nc(-c3cccc(F)c3)cc2C1. The second-order valence-corrected chi connectivity index (χ2v) is 6.14. The summed E-state index contributed by atoms with van der Waals surface area (Å²) in [7, 11) is 0. The highest BCUT2D eigenvalue weighted by Crippen LogP contribution is 2.32. The molecule has 0 saturated heterocycles. The lowest BCUT2D eigenvalue weighted by atomic mass is 10.1. The Kier molecular flexibility index (Phi) is 3.21. The highest BCUT2D eigenvalue weighted by Gasteiger charge is 2.34. The molecule has 0 bridgehead atoms. The molecule has 2 aliphatic rings. The Morgan fingerprint density at radius 3 is 2.86 bits per heavy atom. The van der Waals surface area contributed by atoms with E-state index in [4.69, 9.17) is 0 Å². The van der Waals surface area contributed by atoms with Gasteiger partial charge in [0.2, 0.25) is 5.91 Å². The van der Waals surface area contributed by atoms with Crippen molar-refractivity contribution in [3.8, 4) is 11.3 Å². The van der Waals surface area contributed by atoms with Crippen molar-refractivity contribution >= 4 is 5.91 Å². The van der Waals surface area contributed by atoms with Crippen LogP contribution in [-0.2, 0) is 17.9 Å². The number of carbonyl (C=O) groups excluding carboxylic acids is 1. The lowest BCUT2D eigenvalue weighted by Gasteiger charge is -2.19. The number of carbonyl (C=O) groups is 1. The molecule has 1 aliphatic heterocycles. The minimum atomic E-state index is -0.258. The van der Waals surface area contributed by atoms with Crippen molar-refractivity contribution < 1.29 is 9.18 Å². The predicted molar refractivity (Wildman–Crippen MR) is 80.4 cm³/mol. The van der Waals surface area contributed by atoms with Crippen molar-refractivity contribution in [1.82, 2.24) is 14.7 Å². The van der Waals surface area contributed by atoms with Crippen LogP contribution >= 0.6 is 0 Å². The van der Waals surface area contributed by atoms with Gasteiger partial charge in [0.15, 0.2) is 0 Å². The Morgan fingerprint density at radius 2 is 2.09 bits per heavy atom. The van der Waals surface area contributed by atoms with Gasteiger partial charge in [0.1, 0.15) is 5.82 Å². The highest BCUT2D eigenvalue weighted by atomic mass is 19.1. The molecule has 22 heavy (non-hydrogen) atoms. The average molecular weight is 299 g/mol. The number of aromatic nitrogens is 2. The molecule has 1 aromatic carbocycles. The third-order valence-electron chi connectivity index (χ3n) is 4.37. The Hall–Kier alpha value is -2.17. The van der Waals surface area contributed by atoms with Crippen LogP contribution in [0, 0.1) is 11.7 Å². The van der Waals surface area contributed by atoms with Crippen molar-refractivity contribution in [2.24, 2.45) is 5.92 Å².